The van der Waals surface area contributed by atoms with E-state index in [1.54, 1.807) is 0 Å². The van der Waals surface area contributed by atoms with E-state index in [0.717, 1.165) is 18.8 Å². The average molecular weight is 282 g/mol. The summed E-state index contributed by atoms with van der Waals surface area (Å²) >= 11 is 0. The highest BCUT2D eigenvalue weighted by atomic mass is 16.2. The van der Waals surface area contributed by atoms with E-state index in [4.69, 9.17) is 5.73 Å². The molecule has 0 saturated heterocycles. The van der Waals surface area contributed by atoms with Crippen molar-refractivity contribution in [2.75, 3.05) is 0 Å². The van der Waals surface area contributed by atoms with Crippen LogP contribution in [0.5, 0.6) is 0 Å². The van der Waals surface area contributed by atoms with Gasteiger partial charge in [0.2, 0.25) is 5.91 Å². The summed E-state index contributed by atoms with van der Waals surface area (Å²) in [5.41, 5.74) is 5.91. The Hall–Kier alpha value is -0.570. The maximum absolute atomic E-state index is 12.3. The van der Waals surface area contributed by atoms with Crippen LogP contribution in [0.1, 0.15) is 79.6 Å². The Kier molecular flexibility index (Phi) is 6.06. The molecule has 0 heterocycles. The summed E-state index contributed by atoms with van der Waals surface area (Å²) in [6.45, 7) is 11.0. The van der Waals surface area contributed by atoms with Crippen LogP contribution in [0.25, 0.3) is 0 Å². The van der Waals surface area contributed by atoms with Gasteiger partial charge in [-0.2, -0.15) is 0 Å². The van der Waals surface area contributed by atoms with Crippen molar-refractivity contribution in [2.45, 2.75) is 91.1 Å². The third kappa shape index (κ3) is 3.97. The van der Waals surface area contributed by atoms with E-state index in [1.165, 1.54) is 19.3 Å². The average Bonchev–Trinajstić information content (AvgIpc) is 2.46. The Morgan fingerprint density at radius 3 is 1.95 bits per heavy atom. The Labute approximate surface area is 125 Å². The molecule has 118 valence electrons. The quantitative estimate of drug-likeness (QED) is 0.782. The Morgan fingerprint density at radius 2 is 1.55 bits per heavy atom. The number of rotatable bonds is 6. The van der Waals surface area contributed by atoms with Crippen molar-refractivity contribution in [3.8, 4) is 0 Å². The highest BCUT2D eigenvalue weighted by Crippen LogP contribution is 2.40. The van der Waals surface area contributed by atoms with Gasteiger partial charge in [-0.1, -0.05) is 41.0 Å². The normalized spacial score (nSPS) is 24.5. The van der Waals surface area contributed by atoms with Gasteiger partial charge in [0, 0.05) is 6.04 Å². The van der Waals surface area contributed by atoms with Gasteiger partial charge in [-0.15, -0.1) is 0 Å². The van der Waals surface area contributed by atoms with Gasteiger partial charge in [0.15, 0.2) is 0 Å². The molecule has 1 amide bonds. The molecule has 0 aromatic carbocycles. The van der Waals surface area contributed by atoms with Gasteiger partial charge < -0.3 is 11.1 Å². The number of hydrogen-bond donors (Lipinski definition) is 2. The molecule has 3 nitrogen and oxygen atoms in total. The van der Waals surface area contributed by atoms with E-state index < -0.39 is 5.54 Å². The number of hydrogen-bond acceptors (Lipinski definition) is 2. The van der Waals surface area contributed by atoms with E-state index in [1.807, 2.05) is 13.8 Å². The highest BCUT2D eigenvalue weighted by Gasteiger charge is 2.35. The monoisotopic (exact) mass is 282 g/mol. The van der Waals surface area contributed by atoms with E-state index in [2.05, 4.69) is 26.1 Å². The summed E-state index contributed by atoms with van der Waals surface area (Å²) in [6, 6.07) is 0.326. The molecule has 0 aromatic heterocycles. The summed E-state index contributed by atoms with van der Waals surface area (Å²) in [6.07, 6.45) is 7.28. The predicted octanol–water partition coefficient (Wildman–Crippen LogP) is 3.62. The summed E-state index contributed by atoms with van der Waals surface area (Å²) in [5, 5.41) is 3.19. The molecule has 20 heavy (non-hydrogen) atoms. The number of carbonyl (C=O) groups excluding carboxylic acids is 1. The third-order valence-corrected chi connectivity index (χ3v) is 5.79. The van der Waals surface area contributed by atoms with Crippen molar-refractivity contribution < 1.29 is 4.79 Å². The standard InChI is InChI=1S/C17H34N2O/c1-6-16(4,5)13-9-11-14(12-10-13)19-15(20)17(18,7-2)8-3/h13-14H,6-12,18H2,1-5H3,(H,19,20). The fraction of sp³-hybridized carbons (Fsp3) is 0.941. The first kappa shape index (κ1) is 17.5. The fourth-order valence-corrected chi connectivity index (χ4v) is 3.21. The Bertz CT molecular complexity index is 313. The van der Waals surface area contributed by atoms with Crippen molar-refractivity contribution in [2.24, 2.45) is 17.1 Å². The van der Waals surface area contributed by atoms with Crippen molar-refractivity contribution in [3.05, 3.63) is 0 Å². The second-order valence-corrected chi connectivity index (χ2v) is 7.23. The third-order valence-electron chi connectivity index (χ3n) is 5.79. The lowest BCUT2D eigenvalue weighted by atomic mass is 9.69. The van der Waals surface area contributed by atoms with Crippen LogP contribution in [0.15, 0.2) is 0 Å². The number of amides is 1. The van der Waals surface area contributed by atoms with Crippen LogP contribution in [-0.4, -0.2) is 17.5 Å². The second-order valence-electron chi connectivity index (χ2n) is 7.23. The molecular weight excluding hydrogens is 248 g/mol. The maximum Gasteiger partial charge on any atom is 0.240 e. The molecule has 3 heteroatoms. The van der Waals surface area contributed by atoms with Gasteiger partial charge in [-0.25, -0.2) is 0 Å². The minimum Gasteiger partial charge on any atom is -0.352 e. The first-order valence-electron chi connectivity index (χ1n) is 8.39. The molecule has 0 bridgehead atoms. The molecule has 0 atom stereocenters. The molecule has 1 saturated carbocycles. The van der Waals surface area contributed by atoms with Gasteiger partial charge in [-0.05, 0) is 49.9 Å². The van der Waals surface area contributed by atoms with Crippen molar-refractivity contribution >= 4 is 5.91 Å². The van der Waals surface area contributed by atoms with Gasteiger partial charge in [-0.3, -0.25) is 4.79 Å². The molecule has 0 radical (unpaired) electrons. The molecule has 0 unspecified atom stereocenters. The zero-order valence-corrected chi connectivity index (χ0v) is 14.1. The molecular formula is C17H34N2O. The number of nitrogens with two attached hydrogens (primary N) is 1. The topological polar surface area (TPSA) is 55.1 Å². The lowest BCUT2D eigenvalue weighted by molar-refractivity contribution is -0.127. The van der Waals surface area contributed by atoms with Crippen molar-refractivity contribution in [1.82, 2.24) is 5.32 Å². The first-order chi connectivity index (χ1) is 9.29. The van der Waals surface area contributed by atoms with Crippen LogP contribution < -0.4 is 11.1 Å². The summed E-state index contributed by atoms with van der Waals surface area (Å²) < 4.78 is 0. The van der Waals surface area contributed by atoms with Crippen molar-refractivity contribution in [3.63, 3.8) is 0 Å². The van der Waals surface area contributed by atoms with Crippen LogP contribution in [-0.2, 0) is 4.79 Å². The van der Waals surface area contributed by atoms with Gasteiger partial charge in [0.25, 0.3) is 0 Å². The Balaban J connectivity index is 2.49. The van der Waals surface area contributed by atoms with Gasteiger partial charge in [0.1, 0.15) is 0 Å². The minimum absolute atomic E-state index is 0.0423. The summed E-state index contributed by atoms with van der Waals surface area (Å²) in [4.78, 5) is 12.3. The Morgan fingerprint density at radius 1 is 1.05 bits per heavy atom. The number of carbonyl (C=O) groups is 1. The lowest BCUT2D eigenvalue weighted by Crippen LogP contribution is -2.56. The van der Waals surface area contributed by atoms with Gasteiger partial charge >= 0.3 is 0 Å². The summed E-state index contributed by atoms with van der Waals surface area (Å²) in [5.74, 6) is 0.835. The molecule has 0 aromatic rings. The minimum atomic E-state index is -0.681. The molecule has 1 fully saturated rings. The zero-order valence-electron chi connectivity index (χ0n) is 14.1. The summed E-state index contributed by atoms with van der Waals surface area (Å²) in [7, 11) is 0. The van der Waals surface area contributed by atoms with E-state index in [0.29, 0.717) is 24.3 Å². The molecule has 1 rings (SSSR count). The SMILES string of the molecule is CCC(N)(CC)C(=O)NC1CCC(C(C)(C)CC)CC1. The second kappa shape index (κ2) is 6.93. The zero-order chi connectivity index (χ0) is 15.4. The maximum atomic E-state index is 12.3. The first-order valence-corrected chi connectivity index (χ1v) is 8.39. The number of nitrogens with one attached hydrogen (secondary N) is 1. The molecule has 1 aliphatic rings. The lowest BCUT2D eigenvalue weighted by Gasteiger charge is -2.39. The van der Waals surface area contributed by atoms with Gasteiger partial charge in [0.05, 0.1) is 5.54 Å². The van der Waals surface area contributed by atoms with E-state index in [-0.39, 0.29) is 5.91 Å². The van der Waals surface area contributed by atoms with Crippen LogP contribution in [0.4, 0.5) is 0 Å². The van der Waals surface area contributed by atoms with Crippen molar-refractivity contribution in [1.29, 1.82) is 0 Å². The van der Waals surface area contributed by atoms with Crippen LogP contribution in [0.3, 0.4) is 0 Å². The fourth-order valence-electron chi connectivity index (χ4n) is 3.21. The molecule has 1 aliphatic carbocycles. The molecule has 0 spiro atoms. The highest BCUT2D eigenvalue weighted by molar-refractivity contribution is 5.86. The smallest absolute Gasteiger partial charge is 0.240 e. The van der Waals surface area contributed by atoms with Crippen LogP contribution in [0, 0.1) is 11.3 Å². The van der Waals surface area contributed by atoms with Crippen LogP contribution in [0.2, 0.25) is 0 Å². The van der Waals surface area contributed by atoms with E-state index >= 15 is 0 Å². The van der Waals surface area contributed by atoms with Crippen LogP contribution >= 0.6 is 0 Å². The molecule has 0 aliphatic heterocycles. The van der Waals surface area contributed by atoms with E-state index in [9.17, 15) is 4.79 Å². The molecule has 3 N–H and O–H groups in total. The largest absolute Gasteiger partial charge is 0.352 e. The predicted molar refractivity (Wildman–Crippen MR) is 85.5 cm³/mol.